The molecule has 1 saturated heterocycles. The van der Waals surface area contributed by atoms with Gasteiger partial charge in [-0.25, -0.2) is 5.32 Å². The van der Waals surface area contributed by atoms with Crippen LogP contribution in [0.2, 0.25) is 0 Å². The van der Waals surface area contributed by atoms with Crippen molar-refractivity contribution in [2.45, 2.75) is 18.9 Å². The molecule has 11 heavy (non-hydrogen) atoms. The third-order valence-electron chi connectivity index (χ3n) is 2.32. The van der Waals surface area contributed by atoms with E-state index in [0.717, 1.165) is 32.5 Å². The summed E-state index contributed by atoms with van der Waals surface area (Å²) < 4.78 is 0. The Hall–Kier alpha value is -0.120. The van der Waals surface area contributed by atoms with Gasteiger partial charge in [0.2, 0.25) is 0 Å². The lowest BCUT2D eigenvalue weighted by atomic mass is 10.1. The van der Waals surface area contributed by atoms with Crippen molar-refractivity contribution in [3.05, 3.63) is 0 Å². The second-order valence-electron chi connectivity index (χ2n) is 3.11. The molecule has 1 N–H and O–H groups in total. The number of aliphatic hydroxyl groups excluding tert-OH is 1. The van der Waals surface area contributed by atoms with Gasteiger partial charge in [-0.1, -0.05) is 0 Å². The highest BCUT2D eigenvalue weighted by Gasteiger charge is 2.16. The van der Waals surface area contributed by atoms with Crippen molar-refractivity contribution < 1.29 is 5.11 Å². The largest absolute Gasteiger partial charge is 0.396 e. The van der Waals surface area contributed by atoms with E-state index < -0.39 is 0 Å². The van der Waals surface area contributed by atoms with Gasteiger partial charge in [-0.05, 0) is 19.9 Å². The fourth-order valence-corrected chi connectivity index (χ4v) is 1.50. The van der Waals surface area contributed by atoms with Gasteiger partial charge in [-0.2, -0.15) is 0 Å². The van der Waals surface area contributed by atoms with Gasteiger partial charge >= 0.3 is 0 Å². The summed E-state index contributed by atoms with van der Waals surface area (Å²) in [5, 5.41) is 13.1. The molecule has 0 bridgehead atoms. The molecule has 1 aliphatic heterocycles. The number of hydrogen-bond acceptors (Lipinski definition) is 2. The first kappa shape index (κ1) is 8.97. The lowest BCUT2D eigenvalue weighted by Crippen LogP contribution is -2.33. The second-order valence-corrected chi connectivity index (χ2v) is 3.11. The van der Waals surface area contributed by atoms with Crippen LogP contribution < -0.4 is 5.32 Å². The first-order chi connectivity index (χ1) is 5.34. The molecule has 1 radical (unpaired) electrons. The van der Waals surface area contributed by atoms with Gasteiger partial charge in [-0.3, -0.25) is 0 Å². The van der Waals surface area contributed by atoms with E-state index in [-0.39, 0.29) is 0 Å². The van der Waals surface area contributed by atoms with E-state index in [1.807, 2.05) is 0 Å². The predicted octanol–water partition coefficient (Wildman–Crippen LogP) is -0.323. The lowest BCUT2D eigenvalue weighted by molar-refractivity contribution is 0.191. The van der Waals surface area contributed by atoms with Crippen molar-refractivity contribution in [3.63, 3.8) is 0 Å². The number of rotatable bonds is 2. The third kappa shape index (κ3) is 2.77. The molecule has 1 atom stereocenters. The van der Waals surface area contributed by atoms with Gasteiger partial charge in [0, 0.05) is 32.3 Å². The average Bonchev–Trinajstić information content (AvgIpc) is 2.18. The predicted molar refractivity (Wildman–Crippen MR) is 44.6 cm³/mol. The zero-order chi connectivity index (χ0) is 8.10. The fraction of sp³-hybridized carbons (Fsp3) is 1.00. The molecule has 1 fully saturated rings. The van der Waals surface area contributed by atoms with Crippen molar-refractivity contribution in [1.82, 2.24) is 10.2 Å². The van der Waals surface area contributed by atoms with Gasteiger partial charge in [-0.15, -0.1) is 0 Å². The highest BCUT2D eigenvalue weighted by Crippen LogP contribution is 2.07. The van der Waals surface area contributed by atoms with Crippen molar-refractivity contribution in [2.75, 3.05) is 33.3 Å². The van der Waals surface area contributed by atoms with Crippen LogP contribution in [0.1, 0.15) is 12.8 Å². The summed E-state index contributed by atoms with van der Waals surface area (Å²) in [6, 6.07) is 0.547. The van der Waals surface area contributed by atoms with Crippen LogP contribution in [0.15, 0.2) is 0 Å². The Morgan fingerprint density at radius 3 is 3.09 bits per heavy atom. The molecule has 3 nitrogen and oxygen atoms in total. The molecule has 0 aromatic heterocycles. The molecule has 1 rings (SSSR count). The summed E-state index contributed by atoms with van der Waals surface area (Å²) in [7, 11) is 2.11. The first-order valence-corrected chi connectivity index (χ1v) is 4.29. The minimum atomic E-state index is 0.301. The summed E-state index contributed by atoms with van der Waals surface area (Å²) in [6.07, 6.45) is 2.00. The molecule has 0 spiro atoms. The maximum absolute atomic E-state index is 8.77. The Kier molecular flexibility index (Phi) is 3.83. The zero-order valence-electron chi connectivity index (χ0n) is 7.16. The van der Waals surface area contributed by atoms with Crippen LogP contribution >= 0.6 is 0 Å². The van der Waals surface area contributed by atoms with E-state index in [1.54, 1.807) is 0 Å². The first-order valence-electron chi connectivity index (χ1n) is 4.29. The minimum Gasteiger partial charge on any atom is -0.396 e. The van der Waals surface area contributed by atoms with Crippen molar-refractivity contribution in [2.24, 2.45) is 0 Å². The van der Waals surface area contributed by atoms with Crippen LogP contribution in [-0.2, 0) is 0 Å². The molecule has 0 amide bonds. The Labute approximate surface area is 68.4 Å². The molecule has 0 aromatic carbocycles. The van der Waals surface area contributed by atoms with Crippen molar-refractivity contribution in [3.8, 4) is 0 Å². The molecule has 65 valence electrons. The Bertz CT molecular complexity index is 108. The fourth-order valence-electron chi connectivity index (χ4n) is 1.50. The molecule has 1 unspecified atom stereocenters. The van der Waals surface area contributed by atoms with Gasteiger partial charge < -0.3 is 10.0 Å². The quantitative estimate of drug-likeness (QED) is 0.596. The molecular weight excluding hydrogens is 140 g/mol. The molecule has 1 heterocycles. The summed E-state index contributed by atoms with van der Waals surface area (Å²) in [5.41, 5.74) is 0. The van der Waals surface area contributed by atoms with E-state index >= 15 is 0 Å². The molecule has 0 saturated carbocycles. The topological polar surface area (TPSA) is 37.6 Å². The normalized spacial score (nSPS) is 28.4. The number of likely N-dealkylation sites (N-methyl/N-ethyl adjacent to an activating group) is 1. The van der Waals surface area contributed by atoms with Gasteiger partial charge in [0.25, 0.3) is 0 Å². The standard InChI is InChI=1S/C8H17N2O/c1-10-6-5-9-4-2-8(10)3-7-11/h8,11H,2-7H2,1H3. The lowest BCUT2D eigenvalue weighted by Gasteiger charge is -2.23. The molecule has 1 aliphatic rings. The zero-order valence-corrected chi connectivity index (χ0v) is 7.16. The third-order valence-corrected chi connectivity index (χ3v) is 2.32. The minimum absolute atomic E-state index is 0.301. The summed E-state index contributed by atoms with van der Waals surface area (Å²) in [5.74, 6) is 0. The van der Waals surface area contributed by atoms with Gasteiger partial charge in [0.15, 0.2) is 0 Å². The Morgan fingerprint density at radius 1 is 1.55 bits per heavy atom. The molecule has 0 aliphatic carbocycles. The van der Waals surface area contributed by atoms with E-state index in [4.69, 9.17) is 5.11 Å². The smallest absolute Gasteiger partial charge is 0.0445 e. The van der Waals surface area contributed by atoms with Crippen LogP contribution in [0, 0.1) is 0 Å². The number of hydrogen-bond donors (Lipinski definition) is 1. The molecular formula is C8H17N2O. The van der Waals surface area contributed by atoms with Crippen LogP contribution in [0.25, 0.3) is 0 Å². The SMILES string of the molecule is CN1CC[N]CCC1CCO. The maximum atomic E-state index is 8.77. The Morgan fingerprint density at radius 2 is 2.36 bits per heavy atom. The van der Waals surface area contributed by atoms with E-state index in [0.29, 0.717) is 12.6 Å². The molecule has 0 aromatic rings. The summed E-state index contributed by atoms with van der Waals surface area (Å²) in [6.45, 7) is 3.27. The van der Waals surface area contributed by atoms with E-state index in [9.17, 15) is 0 Å². The van der Waals surface area contributed by atoms with E-state index in [1.165, 1.54) is 0 Å². The van der Waals surface area contributed by atoms with Crippen LogP contribution in [0.4, 0.5) is 0 Å². The van der Waals surface area contributed by atoms with Gasteiger partial charge in [0.05, 0.1) is 0 Å². The summed E-state index contributed by atoms with van der Waals surface area (Å²) in [4.78, 5) is 2.30. The Balaban J connectivity index is 2.32. The van der Waals surface area contributed by atoms with Crippen LogP contribution in [0.3, 0.4) is 0 Å². The number of nitrogens with zero attached hydrogens (tertiary/aromatic N) is 2. The highest BCUT2D eigenvalue weighted by molar-refractivity contribution is 4.73. The second kappa shape index (κ2) is 4.70. The highest BCUT2D eigenvalue weighted by atomic mass is 16.3. The summed E-state index contributed by atoms with van der Waals surface area (Å²) >= 11 is 0. The van der Waals surface area contributed by atoms with E-state index in [2.05, 4.69) is 17.3 Å². The van der Waals surface area contributed by atoms with Gasteiger partial charge in [0.1, 0.15) is 0 Å². The average molecular weight is 157 g/mol. The van der Waals surface area contributed by atoms with Crippen LogP contribution in [0.5, 0.6) is 0 Å². The van der Waals surface area contributed by atoms with Crippen molar-refractivity contribution >= 4 is 0 Å². The molecule has 3 heteroatoms. The monoisotopic (exact) mass is 157 g/mol. The van der Waals surface area contributed by atoms with Crippen molar-refractivity contribution in [1.29, 1.82) is 0 Å². The number of aliphatic hydroxyl groups is 1. The maximum Gasteiger partial charge on any atom is 0.0445 e. The van der Waals surface area contributed by atoms with Crippen LogP contribution in [-0.4, -0.2) is 49.3 Å².